The van der Waals surface area contributed by atoms with Gasteiger partial charge in [-0.1, -0.05) is 47.7 Å². The highest BCUT2D eigenvalue weighted by Gasteiger charge is 2.45. The molecule has 1 atom stereocenters. The topological polar surface area (TPSA) is 195 Å². The number of nitrogens with one attached hydrogen (secondary N) is 2. The van der Waals surface area contributed by atoms with Crippen LogP contribution in [0.3, 0.4) is 0 Å². The van der Waals surface area contributed by atoms with Gasteiger partial charge >= 0.3 is 5.97 Å². The smallest absolute Gasteiger partial charge is 0.355 e. The van der Waals surface area contributed by atoms with Gasteiger partial charge in [-0.05, 0) is 142 Å². The van der Waals surface area contributed by atoms with E-state index in [1.54, 1.807) is 0 Å². The van der Waals surface area contributed by atoms with E-state index in [4.69, 9.17) is 9.72 Å². The summed E-state index contributed by atoms with van der Waals surface area (Å²) >= 11 is 1.42. The van der Waals surface area contributed by atoms with Crippen LogP contribution in [0.5, 0.6) is 5.75 Å². The van der Waals surface area contributed by atoms with E-state index in [-0.39, 0.29) is 47.4 Å². The maximum Gasteiger partial charge on any atom is 0.355 e. The van der Waals surface area contributed by atoms with E-state index in [0.29, 0.717) is 60.6 Å². The van der Waals surface area contributed by atoms with E-state index < -0.39 is 41.5 Å². The predicted octanol–water partition coefficient (Wildman–Crippen LogP) is 8.26. The van der Waals surface area contributed by atoms with Crippen LogP contribution in [-0.4, -0.2) is 112 Å². The molecule has 4 aliphatic heterocycles. The van der Waals surface area contributed by atoms with Gasteiger partial charge in [0.2, 0.25) is 11.8 Å². The molecule has 2 aromatic heterocycles. The van der Waals surface area contributed by atoms with Crippen molar-refractivity contribution in [2.24, 2.45) is 5.92 Å². The molecule has 3 N–H and O–H groups in total. The Morgan fingerprint density at radius 3 is 2.35 bits per heavy atom. The molecular weight excluding hydrogens is 964 g/mol. The number of carboxylic acids is 1. The van der Waals surface area contributed by atoms with Crippen LogP contribution in [0, 0.1) is 18.7 Å². The summed E-state index contributed by atoms with van der Waals surface area (Å²) in [6.07, 6.45) is 6.79. The van der Waals surface area contributed by atoms with E-state index >= 15 is 4.39 Å². The fraction of sp³-hybridized carbons (Fsp3) is 0.357. The Balaban J connectivity index is 0.662. The molecule has 0 spiro atoms. The molecule has 18 heteroatoms. The first kappa shape index (κ1) is 48.7. The number of anilines is 3. The van der Waals surface area contributed by atoms with Crippen molar-refractivity contribution < 1.29 is 43.0 Å². The van der Waals surface area contributed by atoms with Crippen molar-refractivity contribution in [2.45, 2.75) is 83.4 Å². The van der Waals surface area contributed by atoms with Crippen LogP contribution in [-0.2, 0) is 22.6 Å². The Labute approximate surface area is 430 Å². The number of amides is 5. The number of hydrogen-bond donors (Lipinski definition) is 3. The Bertz CT molecular complexity index is 3220. The average molecular weight is 1020 g/mol. The number of piperidine rings is 1. The number of imide groups is 2. The highest BCUT2D eigenvalue weighted by atomic mass is 32.1. The number of piperazine rings is 1. The SMILES string of the molecule is Cc1c(OC2CCC(CCCN3CCN(c4cc5c(cc4F)C(=O)N(C4CCC(=O)NC4=O)C5=O)CC3)CC2)cccc1-c1ccc(N2CCc3cccc(C(=O)Nc4nc5ccccc5s4)c3C2)nc1C(=O)O. The molecular formula is C56H55FN8O8S. The van der Waals surface area contributed by atoms with Crippen molar-refractivity contribution in [1.29, 1.82) is 0 Å². The van der Waals surface area contributed by atoms with Gasteiger partial charge in [-0.25, -0.2) is 19.2 Å². The van der Waals surface area contributed by atoms with Crippen LogP contribution in [0.15, 0.2) is 84.9 Å². The van der Waals surface area contributed by atoms with Crippen molar-refractivity contribution >= 4 is 73.7 Å². The van der Waals surface area contributed by atoms with Crippen LogP contribution >= 0.6 is 11.3 Å². The van der Waals surface area contributed by atoms with Crippen molar-refractivity contribution in [2.75, 3.05) is 54.4 Å². The number of halogens is 1. The minimum Gasteiger partial charge on any atom is -0.490 e. The number of carbonyl (C=O) groups is 6. The Morgan fingerprint density at radius 1 is 0.811 bits per heavy atom. The third-order valence-corrected chi connectivity index (χ3v) is 16.4. The summed E-state index contributed by atoms with van der Waals surface area (Å²) in [5, 5.41) is 16.2. The Kier molecular flexibility index (Phi) is 13.4. The quantitative estimate of drug-likeness (QED) is 0.0937. The van der Waals surface area contributed by atoms with Gasteiger partial charge in [0.25, 0.3) is 17.7 Å². The lowest BCUT2D eigenvalue weighted by atomic mass is 9.84. The van der Waals surface area contributed by atoms with E-state index in [0.717, 1.165) is 107 Å². The van der Waals surface area contributed by atoms with Crippen molar-refractivity contribution in [1.82, 2.24) is 25.1 Å². The number of fused-ring (bicyclic) bond motifs is 3. The summed E-state index contributed by atoms with van der Waals surface area (Å²) in [6.45, 7) is 6.45. The van der Waals surface area contributed by atoms with Crippen molar-refractivity contribution in [3.05, 3.63) is 130 Å². The van der Waals surface area contributed by atoms with Gasteiger partial charge in [-0.15, -0.1) is 0 Å². The van der Waals surface area contributed by atoms with E-state index in [1.165, 1.54) is 17.4 Å². The molecule has 0 radical (unpaired) electrons. The Morgan fingerprint density at radius 2 is 1.58 bits per heavy atom. The molecule has 6 aromatic rings. The fourth-order valence-corrected chi connectivity index (χ4v) is 12.2. The lowest BCUT2D eigenvalue weighted by molar-refractivity contribution is -0.136. The van der Waals surface area contributed by atoms with Crippen LogP contribution in [0.25, 0.3) is 21.3 Å². The second kappa shape index (κ2) is 20.4. The third-order valence-electron chi connectivity index (χ3n) is 15.4. The summed E-state index contributed by atoms with van der Waals surface area (Å²) in [5.74, 6) is -2.69. The van der Waals surface area contributed by atoms with Crippen molar-refractivity contribution in [3.8, 4) is 16.9 Å². The first-order valence-corrected chi connectivity index (χ1v) is 26.2. The zero-order valence-electron chi connectivity index (χ0n) is 40.9. The number of ether oxygens (including phenoxy) is 1. The number of aromatic carboxylic acids is 1. The standard InChI is InChI=1S/C56H55FN8O8S/c1-32-36(37-18-20-48(59-50(37)55(71)72)64-24-22-34-8-4-10-38(41(34)31-64)51(67)61-56-58-43-11-2-3-13-47(43)74-56)9-5-12-46(32)73-35-16-14-33(15-17-35)7-6-23-62-25-27-63(28-26-62)45-30-40-39(29-42(45)57)53(69)65(54(40)70)44-19-21-49(66)60-52(44)68/h2-5,8-13,18,20,29-30,33,35,44H,6-7,14-17,19,21-28,31H2,1H3,(H,71,72)(H,58,61,67)(H,60,66,68). The van der Waals surface area contributed by atoms with Gasteiger partial charge in [-0.2, -0.15) is 0 Å². The van der Waals surface area contributed by atoms with Gasteiger partial charge in [0.1, 0.15) is 23.4 Å². The number of pyridine rings is 1. The fourth-order valence-electron chi connectivity index (χ4n) is 11.4. The van der Waals surface area contributed by atoms with E-state index in [2.05, 4.69) is 20.5 Å². The number of carboxylic acid groups (broad SMARTS) is 1. The molecule has 11 rings (SSSR count). The van der Waals surface area contributed by atoms with Crippen LogP contribution < -0.4 is 25.2 Å². The van der Waals surface area contributed by atoms with Gasteiger partial charge in [0, 0.05) is 56.8 Å². The number of aromatic nitrogens is 2. The second-order valence-corrected chi connectivity index (χ2v) is 20.9. The number of benzene rings is 4. The van der Waals surface area contributed by atoms with Crippen LogP contribution in [0.1, 0.15) is 110 Å². The number of carbonyl (C=O) groups excluding carboxylic acids is 5. The van der Waals surface area contributed by atoms with Gasteiger partial charge in [-0.3, -0.25) is 44.4 Å². The third kappa shape index (κ3) is 9.59. The molecule has 74 heavy (non-hydrogen) atoms. The first-order chi connectivity index (χ1) is 35.9. The number of para-hydroxylation sites is 1. The molecule has 1 saturated carbocycles. The van der Waals surface area contributed by atoms with Gasteiger partial charge in [0.05, 0.1) is 33.1 Å². The molecule has 3 fully saturated rings. The molecule has 5 aliphatic rings. The molecule has 1 unspecified atom stereocenters. The molecule has 1 aliphatic carbocycles. The van der Waals surface area contributed by atoms with Gasteiger partial charge < -0.3 is 19.6 Å². The number of thiazole rings is 1. The minimum atomic E-state index is -1.13. The highest BCUT2D eigenvalue weighted by Crippen LogP contribution is 2.38. The minimum absolute atomic E-state index is 0.0100. The molecule has 16 nitrogen and oxygen atoms in total. The van der Waals surface area contributed by atoms with E-state index in [1.807, 2.05) is 89.5 Å². The largest absolute Gasteiger partial charge is 0.490 e. The van der Waals surface area contributed by atoms with E-state index in [9.17, 15) is 33.9 Å². The summed E-state index contributed by atoms with van der Waals surface area (Å²) in [6, 6.07) is 24.3. The number of nitrogens with zero attached hydrogens (tertiary/aromatic N) is 6. The lowest BCUT2D eigenvalue weighted by Gasteiger charge is -2.36. The molecule has 380 valence electrons. The first-order valence-electron chi connectivity index (χ1n) is 25.4. The normalized spacial score (nSPS) is 20.1. The van der Waals surface area contributed by atoms with Crippen molar-refractivity contribution in [3.63, 3.8) is 0 Å². The lowest BCUT2D eigenvalue weighted by Crippen LogP contribution is -2.54. The molecule has 6 heterocycles. The maximum atomic E-state index is 15.5. The molecule has 5 amide bonds. The Hall–Kier alpha value is -7.57. The van der Waals surface area contributed by atoms with Crippen LogP contribution in [0.2, 0.25) is 0 Å². The highest BCUT2D eigenvalue weighted by molar-refractivity contribution is 7.22. The number of rotatable bonds is 13. The van der Waals surface area contributed by atoms with Gasteiger partial charge in [0.15, 0.2) is 10.8 Å². The molecule has 2 saturated heterocycles. The second-order valence-electron chi connectivity index (χ2n) is 19.9. The van der Waals surface area contributed by atoms with Crippen LogP contribution in [0.4, 0.5) is 21.0 Å². The summed E-state index contributed by atoms with van der Waals surface area (Å²) < 4.78 is 23.1. The molecule has 4 aromatic carbocycles. The predicted molar refractivity (Wildman–Crippen MR) is 277 cm³/mol. The zero-order chi connectivity index (χ0) is 51.2. The average Bonchev–Trinajstić information content (AvgIpc) is 3.92. The summed E-state index contributed by atoms with van der Waals surface area (Å²) in [7, 11) is 0. The summed E-state index contributed by atoms with van der Waals surface area (Å²) in [5.41, 5.74) is 5.62. The monoisotopic (exact) mass is 1020 g/mol. The summed E-state index contributed by atoms with van der Waals surface area (Å²) in [4.78, 5) is 93.7. The maximum absolute atomic E-state index is 15.5. The number of hydrogen-bond acceptors (Lipinski definition) is 13. The zero-order valence-corrected chi connectivity index (χ0v) is 41.7. The molecule has 0 bridgehead atoms.